The van der Waals surface area contributed by atoms with Crippen molar-refractivity contribution in [3.8, 4) is 22.5 Å². The Balaban J connectivity index is 0.000000233. The first-order valence-electron chi connectivity index (χ1n) is 34.0. The molecular weight excluding hydrogens is 1430 g/mol. The van der Waals surface area contributed by atoms with E-state index in [0.717, 1.165) is 89.2 Å². The van der Waals surface area contributed by atoms with Crippen molar-refractivity contribution in [2.45, 2.75) is 92.9 Å². The molecule has 4 aromatic heterocycles. The van der Waals surface area contributed by atoms with Crippen molar-refractivity contribution in [2.75, 3.05) is 5.32 Å². The van der Waals surface area contributed by atoms with Crippen LogP contribution in [-0.4, -0.2) is 9.97 Å². The second-order valence-corrected chi connectivity index (χ2v) is 27.5. The number of fused-ring (bicyclic) bond motifs is 2. The molecule has 0 aliphatic carbocycles. The van der Waals surface area contributed by atoms with Gasteiger partial charge in [-0.15, -0.1) is 106 Å². The molecule has 0 aliphatic rings. The number of rotatable bonds is 10. The Labute approximate surface area is 658 Å². The van der Waals surface area contributed by atoms with Gasteiger partial charge in [0, 0.05) is 32.4 Å². The number of hydrogen-bond donors (Lipinski definition) is 1. The van der Waals surface area contributed by atoms with Crippen molar-refractivity contribution in [1.82, 2.24) is 9.97 Å². The summed E-state index contributed by atoms with van der Waals surface area (Å²) in [6.07, 6.45) is 0. The molecule has 0 radical (unpaired) electrons. The maximum atomic E-state index is 5.18. The maximum Gasteiger partial charge on any atom is 4.00 e. The molecule has 1 N–H and O–H groups in total. The fraction of sp³-hybridized carbons (Fsp3) is 0.149. The first kappa shape index (κ1) is 83.7. The van der Waals surface area contributed by atoms with E-state index in [4.69, 9.17) is 15.3 Å². The van der Waals surface area contributed by atoms with Gasteiger partial charge in [-0.1, -0.05) is 200 Å². The summed E-state index contributed by atoms with van der Waals surface area (Å²) in [4.78, 5) is 12.6. The number of para-hydroxylation sites is 4. The largest absolute Gasteiger partial charge is 4.00 e. The first-order chi connectivity index (χ1) is 48.2. The van der Waals surface area contributed by atoms with E-state index in [2.05, 4.69) is 236 Å². The molecule has 14 aromatic rings. The van der Waals surface area contributed by atoms with E-state index in [0.29, 0.717) is 23.7 Å². The van der Waals surface area contributed by atoms with Gasteiger partial charge in [-0.05, 0) is 71.0 Å². The summed E-state index contributed by atoms with van der Waals surface area (Å²) in [6, 6.07) is 97.9. The Morgan fingerprint density at radius 2 is 0.716 bits per heavy atom. The maximum absolute atomic E-state index is 5.18. The third kappa shape index (κ3) is 27.7. The molecule has 8 heteroatoms. The predicted octanol–water partition coefficient (Wildman–Crippen LogP) is 28.1. The minimum atomic E-state index is 0. The third-order valence-corrected chi connectivity index (χ3v) is 17.3. The molecule has 0 amide bonds. The molecule has 0 atom stereocenters. The summed E-state index contributed by atoms with van der Waals surface area (Å²) in [5.41, 5.74) is 22.2. The molecule has 0 unspecified atom stereocenters. The minimum absolute atomic E-state index is 0. The van der Waals surface area contributed by atoms with E-state index in [9.17, 15) is 0 Å². The monoisotopic (exact) mass is 1520 g/mol. The molecule has 102 heavy (non-hydrogen) atoms. The van der Waals surface area contributed by atoms with E-state index < -0.39 is 0 Å². The molecule has 14 rings (SSSR count). The number of thiophene rings is 2. The van der Waals surface area contributed by atoms with Gasteiger partial charge < -0.3 is 10.6 Å². The average Bonchev–Trinajstić information content (AvgIpc) is 1.06. The number of nitrogens with zero attached hydrogens (tertiary/aromatic N) is 3. The summed E-state index contributed by atoms with van der Waals surface area (Å²) < 4.78 is 0. The second kappa shape index (κ2) is 44.4. The molecular formula is C94H96N4S2Zr2. The van der Waals surface area contributed by atoms with Gasteiger partial charge in [-0.3, -0.25) is 16.3 Å². The van der Waals surface area contributed by atoms with Crippen LogP contribution in [0, 0.1) is 60.8 Å². The number of aromatic nitrogens is 2. The zero-order valence-electron chi connectivity index (χ0n) is 61.0. The normalized spacial score (nSPS) is 10.1. The molecule has 0 fully saturated rings. The van der Waals surface area contributed by atoms with Gasteiger partial charge in [-0.2, -0.15) is 154 Å². The van der Waals surface area contributed by atoms with Crippen LogP contribution < -0.4 is 5.32 Å². The number of anilines is 2. The average molecular weight is 1530 g/mol. The third-order valence-electron chi connectivity index (χ3n) is 15.7. The molecule has 0 aliphatic heterocycles. The fourth-order valence-electron chi connectivity index (χ4n) is 10.3. The van der Waals surface area contributed by atoms with Crippen LogP contribution >= 0.6 is 22.7 Å². The van der Waals surface area contributed by atoms with Gasteiger partial charge in [0.2, 0.25) is 0 Å². The van der Waals surface area contributed by atoms with Crippen molar-refractivity contribution in [2.24, 2.45) is 0 Å². The molecule has 4 heterocycles. The van der Waals surface area contributed by atoms with Crippen molar-refractivity contribution in [1.29, 1.82) is 0 Å². The van der Waals surface area contributed by atoms with Gasteiger partial charge in [0.15, 0.2) is 0 Å². The van der Waals surface area contributed by atoms with E-state index >= 15 is 0 Å². The smallest absolute Gasteiger partial charge is 0.656 e. The van der Waals surface area contributed by atoms with Crippen LogP contribution in [-0.2, 0) is 52.4 Å². The fourth-order valence-corrected chi connectivity index (χ4v) is 11.6. The van der Waals surface area contributed by atoms with E-state index in [-0.39, 0.29) is 52.4 Å². The summed E-state index contributed by atoms with van der Waals surface area (Å²) in [5, 5.41) is 16.7. The van der Waals surface area contributed by atoms with Gasteiger partial charge >= 0.3 is 52.4 Å². The number of benzene rings is 10. The number of pyridine rings is 2. The van der Waals surface area contributed by atoms with Gasteiger partial charge in [0.25, 0.3) is 0 Å². The first-order valence-corrected chi connectivity index (χ1v) is 35.7. The summed E-state index contributed by atoms with van der Waals surface area (Å²) in [6.45, 7) is 44.5. The number of aryl methyl sites for hydroxylation is 2. The van der Waals surface area contributed by atoms with Crippen molar-refractivity contribution < 1.29 is 52.4 Å². The SMILES string of the molecule is Cc1cc(-c2ccc3cccc(Nc4c(C(C)C)cccc4C(C)C)c3n2)cs1.Cc1cc(-c2ccc3cccc([N-]c4c(C(C)C)cccc4C(C)C)c3n2)[c-]s1.[CH2-]c1ccccc1.[CH2-]c1ccccc1.[CH2-]c1ccccc1.[CH2-]c1ccccc1.[CH2-]c1ccccc1.[CH2-]c1ccccc1.[Zr+4].[Zr+4]. The van der Waals surface area contributed by atoms with Crippen molar-refractivity contribution in [3.63, 3.8) is 0 Å². The Morgan fingerprint density at radius 3 is 1.06 bits per heavy atom. The minimum Gasteiger partial charge on any atom is -0.656 e. The predicted molar refractivity (Wildman–Crippen MR) is 439 cm³/mol. The van der Waals surface area contributed by atoms with Crippen LogP contribution in [0.1, 0.15) is 144 Å². The quantitative estimate of drug-likeness (QED) is 0.139. The Hall–Kier alpha value is -8.99. The van der Waals surface area contributed by atoms with Crippen molar-refractivity contribution >= 4 is 67.2 Å². The standard InChI is InChI=1S/C26H28N2S.C26H26N2S.6C7H7.2Zr/c2*1-16(2)21-9-7-10-22(17(3)4)26(21)28-24-11-6-8-19-12-13-23(27-25(19)24)20-14-18(5)29-15-20;6*1-7-5-3-2-4-6-7;;/h6-17,28H,1-5H3;6-14,16-17H,1-5H3;6*2-6H,1H2;;/q;-2;6*-1;2*+4. The van der Waals surface area contributed by atoms with Crippen LogP contribution in [0.3, 0.4) is 0 Å². The zero-order valence-corrected chi connectivity index (χ0v) is 67.5. The van der Waals surface area contributed by atoms with Crippen LogP contribution in [0.15, 0.2) is 297 Å². The van der Waals surface area contributed by atoms with Crippen LogP contribution in [0.5, 0.6) is 0 Å². The van der Waals surface area contributed by atoms with Crippen molar-refractivity contribution in [3.05, 3.63) is 414 Å². The molecule has 0 saturated carbocycles. The Kier molecular flexibility index (Phi) is 36.4. The summed E-state index contributed by atoms with van der Waals surface area (Å²) in [5.74, 6) is 1.72. The van der Waals surface area contributed by atoms with E-state index in [1.807, 2.05) is 182 Å². The summed E-state index contributed by atoms with van der Waals surface area (Å²) in [7, 11) is 0. The summed E-state index contributed by atoms with van der Waals surface area (Å²) >= 11 is 3.40. The molecule has 10 aromatic carbocycles. The van der Waals surface area contributed by atoms with Gasteiger partial charge in [0.1, 0.15) is 0 Å². The number of hydrogen-bond acceptors (Lipinski definition) is 5. The zero-order chi connectivity index (χ0) is 71.8. The van der Waals surface area contributed by atoms with E-state index in [1.165, 1.54) is 43.3 Å². The molecule has 0 bridgehead atoms. The van der Waals surface area contributed by atoms with Crippen LogP contribution in [0.4, 0.5) is 22.7 Å². The molecule has 512 valence electrons. The van der Waals surface area contributed by atoms with Gasteiger partial charge in [-0.25, -0.2) is 4.98 Å². The topological polar surface area (TPSA) is 51.9 Å². The molecule has 4 nitrogen and oxygen atoms in total. The Bertz CT molecular complexity index is 4100. The van der Waals surface area contributed by atoms with Gasteiger partial charge in [0.05, 0.1) is 16.9 Å². The number of nitrogens with one attached hydrogen (secondary N) is 1. The van der Waals surface area contributed by atoms with Crippen LogP contribution in [0.25, 0.3) is 49.6 Å². The molecule has 0 spiro atoms. The molecule has 0 saturated heterocycles. The van der Waals surface area contributed by atoms with Crippen LogP contribution in [0.2, 0.25) is 0 Å². The Morgan fingerprint density at radius 1 is 0.363 bits per heavy atom. The van der Waals surface area contributed by atoms with E-state index in [1.54, 1.807) is 22.7 Å². The second-order valence-electron chi connectivity index (χ2n) is 25.3.